The normalized spacial score (nSPS) is 16.8. The van der Waals surface area contributed by atoms with Crippen LogP contribution < -0.4 is 5.32 Å². The minimum absolute atomic E-state index is 0.271. The van der Waals surface area contributed by atoms with Gasteiger partial charge in [-0.15, -0.1) is 0 Å². The van der Waals surface area contributed by atoms with Crippen molar-refractivity contribution in [1.29, 1.82) is 0 Å². The molecule has 1 aromatic rings. The minimum Gasteiger partial charge on any atom is -0.379 e. The van der Waals surface area contributed by atoms with Gasteiger partial charge in [-0.3, -0.25) is 9.69 Å². The number of nitrogens with zero attached hydrogens (tertiary/aromatic N) is 1. The zero-order valence-electron chi connectivity index (χ0n) is 12.3. The Morgan fingerprint density at radius 1 is 1.33 bits per heavy atom. The summed E-state index contributed by atoms with van der Waals surface area (Å²) in [7, 11) is 0. The molecule has 1 amide bonds. The Bertz CT molecular complexity index is 514. The number of nitrogens with one attached hydrogen (secondary N) is 1. The standard InChI is InChI=1S/C15H20F2N2O2/c1-15(2,19-6-8-21-9-7-19)10-18-14(20)11-4-3-5-12(16)13(11)17/h3-5H,6-10H2,1-2H3,(H,18,20). The molecular formula is C15H20F2N2O2. The van der Waals surface area contributed by atoms with Crippen LogP contribution in [0.4, 0.5) is 8.78 Å². The zero-order chi connectivity index (χ0) is 15.5. The molecule has 6 heteroatoms. The number of hydrogen-bond donors (Lipinski definition) is 1. The lowest BCUT2D eigenvalue weighted by Gasteiger charge is -2.40. The van der Waals surface area contributed by atoms with Gasteiger partial charge < -0.3 is 10.1 Å². The molecule has 1 saturated heterocycles. The summed E-state index contributed by atoms with van der Waals surface area (Å²) in [6, 6.07) is 3.58. The van der Waals surface area contributed by atoms with E-state index in [-0.39, 0.29) is 11.1 Å². The molecule has 1 fully saturated rings. The lowest BCUT2D eigenvalue weighted by atomic mass is 10.0. The molecule has 0 aromatic heterocycles. The van der Waals surface area contributed by atoms with Gasteiger partial charge in [-0.1, -0.05) is 6.07 Å². The summed E-state index contributed by atoms with van der Waals surface area (Å²) in [5, 5.41) is 2.68. The van der Waals surface area contributed by atoms with Crippen molar-refractivity contribution >= 4 is 5.91 Å². The SMILES string of the molecule is CC(C)(CNC(=O)c1cccc(F)c1F)N1CCOCC1. The van der Waals surface area contributed by atoms with Gasteiger partial charge in [0.2, 0.25) is 0 Å². The highest BCUT2D eigenvalue weighted by Gasteiger charge is 2.29. The van der Waals surface area contributed by atoms with Gasteiger partial charge in [0.05, 0.1) is 18.8 Å². The summed E-state index contributed by atoms with van der Waals surface area (Å²) in [5.41, 5.74) is -0.545. The van der Waals surface area contributed by atoms with Crippen molar-refractivity contribution < 1.29 is 18.3 Å². The number of carbonyl (C=O) groups is 1. The molecule has 21 heavy (non-hydrogen) atoms. The number of morpholine rings is 1. The van der Waals surface area contributed by atoms with Crippen molar-refractivity contribution in [2.75, 3.05) is 32.8 Å². The third-order valence-electron chi connectivity index (χ3n) is 3.74. The first kappa shape index (κ1) is 15.9. The molecule has 0 bridgehead atoms. The fraction of sp³-hybridized carbons (Fsp3) is 0.533. The molecule has 2 rings (SSSR count). The van der Waals surface area contributed by atoms with Crippen molar-refractivity contribution in [3.8, 4) is 0 Å². The van der Waals surface area contributed by atoms with E-state index in [4.69, 9.17) is 4.74 Å². The first-order chi connectivity index (χ1) is 9.92. The molecule has 1 heterocycles. The van der Waals surface area contributed by atoms with E-state index in [0.29, 0.717) is 19.8 Å². The molecule has 0 saturated carbocycles. The summed E-state index contributed by atoms with van der Waals surface area (Å²) in [6.45, 7) is 7.25. The molecule has 0 atom stereocenters. The van der Waals surface area contributed by atoms with Crippen molar-refractivity contribution in [2.45, 2.75) is 19.4 Å². The molecule has 1 N–H and O–H groups in total. The Morgan fingerprint density at radius 3 is 2.67 bits per heavy atom. The second-order valence-electron chi connectivity index (χ2n) is 5.70. The van der Waals surface area contributed by atoms with Crippen LogP contribution in [0.5, 0.6) is 0 Å². The lowest BCUT2D eigenvalue weighted by Crippen LogP contribution is -2.55. The van der Waals surface area contributed by atoms with E-state index >= 15 is 0 Å². The topological polar surface area (TPSA) is 41.6 Å². The van der Waals surface area contributed by atoms with Crippen molar-refractivity contribution in [1.82, 2.24) is 10.2 Å². The van der Waals surface area contributed by atoms with Crippen LogP contribution in [0.1, 0.15) is 24.2 Å². The van der Waals surface area contributed by atoms with E-state index in [1.807, 2.05) is 13.8 Å². The number of rotatable bonds is 4. The number of amides is 1. The maximum absolute atomic E-state index is 13.6. The Hall–Kier alpha value is -1.53. The highest BCUT2D eigenvalue weighted by atomic mass is 19.2. The minimum atomic E-state index is -1.11. The Balaban J connectivity index is 1.98. The number of carbonyl (C=O) groups excluding carboxylic acids is 1. The molecule has 4 nitrogen and oxygen atoms in total. The van der Waals surface area contributed by atoms with E-state index < -0.39 is 17.5 Å². The maximum Gasteiger partial charge on any atom is 0.254 e. The Labute approximate surface area is 123 Å². The third-order valence-corrected chi connectivity index (χ3v) is 3.74. The Morgan fingerprint density at radius 2 is 2.00 bits per heavy atom. The van der Waals surface area contributed by atoms with Crippen molar-refractivity contribution in [2.24, 2.45) is 0 Å². The molecule has 0 aliphatic carbocycles. The van der Waals surface area contributed by atoms with E-state index in [1.54, 1.807) is 0 Å². The van der Waals surface area contributed by atoms with Gasteiger partial charge in [0.1, 0.15) is 0 Å². The molecule has 1 aromatic carbocycles. The molecule has 1 aliphatic heterocycles. The maximum atomic E-state index is 13.6. The average molecular weight is 298 g/mol. The number of hydrogen-bond acceptors (Lipinski definition) is 3. The van der Waals surface area contributed by atoms with Crippen LogP contribution in [0.25, 0.3) is 0 Å². The molecule has 116 valence electrons. The van der Waals surface area contributed by atoms with Gasteiger partial charge >= 0.3 is 0 Å². The highest BCUT2D eigenvalue weighted by molar-refractivity contribution is 5.94. The molecule has 0 spiro atoms. The fourth-order valence-corrected chi connectivity index (χ4v) is 2.35. The first-order valence-corrected chi connectivity index (χ1v) is 6.97. The Kier molecular flexibility index (Phi) is 4.90. The zero-order valence-corrected chi connectivity index (χ0v) is 12.3. The van der Waals surface area contributed by atoms with Crippen LogP contribution in [0.3, 0.4) is 0 Å². The van der Waals surface area contributed by atoms with Gasteiger partial charge in [-0.25, -0.2) is 8.78 Å². The van der Waals surface area contributed by atoms with Crippen molar-refractivity contribution in [3.05, 3.63) is 35.4 Å². The fourth-order valence-electron chi connectivity index (χ4n) is 2.35. The van der Waals surface area contributed by atoms with E-state index in [1.165, 1.54) is 12.1 Å². The summed E-state index contributed by atoms with van der Waals surface area (Å²) < 4.78 is 32.0. The number of benzene rings is 1. The van der Waals surface area contributed by atoms with Gasteiger partial charge in [0.15, 0.2) is 11.6 Å². The summed E-state index contributed by atoms with van der Waals surface area (Å²) in [6.07, 6.45) is 0. The van der Waals surface area contributed by atoms with Crippen LogP contribution in [0, 0.1) is 11.6 Å². The van der Waals surface area contributed by atoms with Crippen LogP contribution in [0.15, 0.2) is 18.2 Å². The summed E-state index contributed by atoms with van der Waals surface area (Å²) >= 11 is 0. The van der Waals surface area contributed by atoms with Gasteiger partial charge in [-0.05, 0) is 26.0 Å². The predicted molar refractivity (Wildman–Crippen MR) is 75.2 cm³/mol. The van der Waals surface area contributed by atoms with Crippen LogP contribution in [-0.4, -0.2) is 49.2 Å². The lowest BCUT2D eigenvalue weighted by molar-refractivity contribution is -0.00924. The van der Waals surface area contributed by atoms with Crippen LogP contribution >= 0.6 is 0 Å². The smallest absolute Gasteiger partial charge is 0.254 e. The second-order valence-corrected chi connectivity index (χ2v) is 5.70. The van der Waals surface area contributed by atoms with Crippen LogP contribution in [-0.2, 0) is 4.74 Å². The molecule has 0 radical (unpaired) electrons. The highest BCUT2D eigenvalue weighted by Crippen LogP contribution is 2.16. The molecule has 0 unspecified atom stereocenters. The average Bonchev–Trinajstić information content (AvgIpc) is 2.49. The largest absolute Gasteiger partial charge is 0.379 e. The summed E-state index contributed by atoms with van der Waals surface area (Å²) in [4.78, 5) is 14.2. The van der Waals surface area contributed by atoms with Gasteiger partial charge in [-0.2, -0.15) is 0 Å². The number of ether oxygens (including phenoxy) is 1. The van der Waals surface area contributed by atoms with Crippen LogP contribution in [0.2, 0.25) is 0 Å². The molecular weight excluding hydrogens is 278 g/mol. The number of halogens is 2. The summed E-state index contributed by atoms with van der Waals surface area (Å²) in [5.74, 6) is -2.73. The van der Waals surface area contributed by atoms with Crippen molar-refractivity contribution in [3.63, 3.8) is 0 Å². The van der Waals surface area contributed by atoms with E-state index in [9.17, 15) is 13.6 Å². The quantitative estimate of drug-likeness (QED) is 0.921. The molecule has 1 aliphatic rings. The van der Waals surface area contributed by atoms with Gasteiger partial charge in [0, 0.05) is 25.2 Å². The first-order valence-electron chi connectivity index (χ1n) is 6.97. The van der Waals surface area contributed by atoms with E-state index in [0.717, 1.165) is 19.2 Å². The second kappa shape index (κ2) is 6.49. The van der Waals surface area contributed by atoms with E-state index in [2.05, 4.69) is 10.2 Å². The third kappa shape index (κ3) is 3.77. The monoisotopic (exact) mass is 298 g/mol. The van der Waals surface area contributed by atoms with Gasteiger partial charge in [0.25, 0.3) is 5.91 Å². The predicted octanol–water partition coefficient (Wildman–Crippen LogP) is 1.81.